The van der Waals surface area contributed by atoms with Gasteiger partial charge in [0.15, 0.2) is 0 Å². The Kier molecular flexibility index (Phi) is 5.62. The minimum atomic E-state index is -2.34. The monoisotopic (exact) mass is 341 g/mol. The average molecular weight is 342 g/mol. The van der Waals surface area contributed by atoms with Crippen molar-refractivity contribution in [3.63, 3.8) is 0 Å². The fourth-order valence-corrected chi connectivity index (χ4v) is 4.38. The molecule has 0 aliphatic rings. The van der Waals surface area contributed by atoms with Gasteiger partial charge in [-0.05, 0) is 30.6 Å². The standard InChI is InChI=1S/C20H27NO2Si/c1-20(2,17-13-9-6-10-14-17)24(3,4)23-19(22)18(21)15-16-11-7-5-8-12-16/h5-14,18H,15,21H2,1-4H3/t18-/m0/s1. The molecule has 2 rings (SSSR count). The summed E-state index contributed by atoms with van der Waals surface area (Å²) in [7, 11) is -2.34. The van der Waals surface area contributed by atoms with Gasteiger partial charge in [-0.15, -0.1) is 0 Å². The summed E-state index contributed by atoms with van der Waals surface area (Å²) in [5, 5.41) is -0.198. The van der Waals surface area contributed by atoms with Crippen LogP contribution in [0.5, 0.6) is 0 Å². The Morgan fingerprint density at radius 2 is 1.54 bits per heavy atom. The maximum absolute atomic E-state index is 12.5. The summed E-state index contributed by atoms with van der Waals surface area (Å²) >= 11 is 0. The molecule has 0 spiro atoms. The summed E-state index contributed by atoms with van der Waals surface area (Å²) in [6.45, 7) is 8.44. The van der Waals surface area contributed by atoms with Gasteiger partial charge in [0.25, 0.3) is 8.32 Å². The molecule has 0 radical (unpaired) electrons. The Bertz CT molecular complexity index is 669. The van der Waals surface area contributed by atoms with Crippen LogP contribution < -0.4 is 5.73 Å². The van der Waals surface area contributed by atoms with Gasteiger partial charge < -0.3 is 10.2 Å². The molecule has 2 aromatic rings. The summed E-state index contributed by atoms with van der Waals surface area (Å²) in [5.74, 6) is -0.306. The van der Waals surface area contributed by atoms with E-state index in [0.29, 0.717) is 6.42 Å². The van der Waals surface area contributed by atoms with E-state index in [1.54, 1.807) is 0 Å². The predicted molar refractivity (Wildman–Crippen MR) is 101 cm³/mol. The van der Waals surface area contributed by atoms with Crippen LogP contribution in [-0.2, 0) is 20.7 Å². The van der Waals surface area contributed by atoms with E-state index in [-0.39, 0.29) is 11.0 Å². The molecule has 0 unspecified atom stereocenters. The molecule has 0 aliphatic carbocycles. The Morgan fingerprint density at radius 3 is 2.08 bits per heavy atom. The lowest BCUT2D eigenvalue weighted by Crippen LogP contribution is -2.54. The smallest absolute Gasteiger partial charge is 0.309 e. The third-order valence-electron chi connectivity index (χ3n) is 4.96. The van der Waals surface area contributed by atoms with Crippen molar-refractivity contribution in [3.05, 3.63) is 71.8 Å². The van der Waals surface area contributed by atoms with Gasteiger partial charge in [-0.1, -0.05) is 74.5 Å². The van der Waals surface area contributed by atoms with Gasteiger partial charge in [0.05, 0.1) is 0 Å². The molecule has 3 nitrogen and oxygen atoms in total. The molecule has 0 saturated carbocycles. The first-order valence-electron chi connectivity index (χ1n) is 8.32. The van der Waals surface area contributed by atoms with E-state index in [4.69, 9.17) is 10.2 Å². The van der Waals surface area contributed by atoms with Crippen LogP contribution in [0.2, 0.25) is 13.1 Å². The van der Waals surface area contributed by atoms with Crippen LogP contribution >= 0.6 is 0 Å². The lowest BCUT2D eigenvalue weighted by Gasteiger charge is -2.39. The third-order valence-corrected chi connectivity index (χ3v) is 8.97. The van der Waals surface area contributed by atoms with Crippen molar-refractivity contribution < 1.29 is 9.22 Å². The summed E-state index contributed by atoms with van der Waals surface area (Å²) in [4.78, 5) is 12.5. The average Bonchev–Trinajstić information content (AvgIpc) is 2.56. The van der Waals surface area contributed by atoms with E-state index < -0.39 is 14.4 Å². The molecule has 0 aliphatic heterocycles. The molecule has 4 heteroatoms. The maximum Gasteiger partial charge on any atom is 0.309 e. The first kappa shape index (κ1) is 18.4. The molecule has 2 N–H and O–H groups in total. The molecule has 2 aromatic carbocycles. The van der Waals surface area contributed by atoms with Crippen LogP contribution in [0.15, 0.2) is 60.7 Å². The lowest BCUT2D eigenvalue weighted by molar-refractivity contribution is -0.136. The second-order valence-corrected chi connectivity index (χ2v) is 11.7. The van der Waals surface area contributed by atoms with Crippen LogP contribution in [0.1, 0.15) is 25.0 Å². The minimum Gasteiger partial charge on any atom is -0.518 e. The van der Waals surface area contributed by atoms with E-state index in [1.165, 1.54) is 5.56 Å². The van der Waals surface area contributed by atoms with Gasteiger partial charge in [0.2, 0.25) is 0 Å². The molecule has 0 amide bonds. The van der Waals surface area contributed by atoms with Gasteiger partial charge >= 0.3 is 5.97 Å². The molecular weight excluding hydrogens is 314 g/mol. The van der Waals surface area contributed by atoms with Crippen LogP contribution in [0.4, 0.5) is 0 Å². The Morgan fingerprint density at radius 1 is 1.04 bits per heavy atom. The summed E-state index contributed by atoms with van der Waals surface area (Å²) in [5.41, 5.74) is 8.32. The van der Waals surface area contributed by atoms with Crippen LogP contribution in [0, 0.1) is 0 Å². The zero-order valence-corrected chi connectivity index (χ0v) is 16.0. The van der Waals surface area contributed by atoms with Gasteiger partial charge in [-0.3, -0.25) is 4.79 Å². The predicted octanol–water partition coefficient (Wildman–Crippen LogP) is 3.82. The van der Waals surface area contributed by atoms with Crippen molar-refractivity contribution in [2.75, 3.05) is 0 Å². The second kappa shape index (κ2) is 7.32. The van der Waals surface area contributed by atoms with Crippen molar-refractivity contribution in [1.29, 1.82) is 0 Å². The van der Waals surface area contributed by atoms with Crippen molar-refractivity contribution >= 4 is 14.3 Å². The molecular formula is C20H27NO2Si. The Hall–Kier alpha value is -1.91. The molecule has 1 atom stereocenters. The number of rotatable bonds is 6. The normalized spacial score (nSPS) is 13.4. The number of nitrogens with two attached hydrogens (primary N) is 1. The van der Waals surface area contributed by atoms with Crippen molar-refractivity contribution in [2.24, 2.45) is 5.73 Å². The van der Waals surface area contributed by atoms with Crippen molar-refractivity contribution in [3.8, 4) is 0 Å². The SMILES string of the molecule is CC(C)(c1ccccc1)[Si](C)(C)OC(=O)[C@@H](N)Cc1ccccc1. The summed E-state index contributed by atoms with van der Waals surface area (Å²) in [6, 6.07) is 19.4. The number of carbonyl (C=O) groups is 1. The Labute approximate surface area is 146 Å². The highest BCUT2D eigenvalue weighted by Gasteiger charge is 2.45. The number of carbonyl (C=O) groups excluding carboxylic acids is 1. The zero-order chi connectivity index (χ0) is 17.8. The number of hydrogen-bond donors (Lipinski definition) is 1. The largest absolute Gasteiger partial charge is 0.518 e. The number of benzene rings is 2. The summed E-state index contributed by atoms with van der Waals surface area (Å²) in [6.07, 6.45) is 0.496. The first-order valence-corrected chi connectivity index (χ1v) is 11.2. The zero-order valence-electron chi connectivity index (χ0n) is 15.0. The van der Waals surface area contributed by atoms with E-state index in [1.807, 2.05) is 48.5 Å². The van der Waals surface area contributed by atoms with E-state index in [2.05, 4.69) is 39.1 Å². The van der Waals surface area contributed by atoms with E-state index in [9.17, 15) is 4.79 Å². The van der Waals surface area contributed by atoms with Crippen LogP contribution in [-0.4, -0.2) is 20.3 Å². The minimum absolute atomic E-state index is 0.198. The van der Waals surface area contributed by atoms with E-state index in [0.717, 1.165) is 5.56 Å². The highest BCUT2D eigenvalue weighted by atomic mass is 28.4. The van der Waals surface area contributed by atoms with Gasteiger partial charge in [0, 0.05) is 5.04 Å². The molecule has 0 saturated heterocycles. The fourth-order valence-electron chi connectivity index (χ4n) is 2.61. The lowest BCUT2D eigenvalue weighted by atomic mass is 10.0. The Balaban J connectivity index is 2.08. The molecule has 0 heterocycles. The van der Waals surface area contributed by atoms with Gasteiger partial charge in [-0.2, -0.15) is 0 Å². The van der Waals surface area contributed by atoms with Crippen LogP contribution in [0.3, 0.4) is 0 Å². The van der Waals surface area contributed by atoms with Crippen molar-refractivity contribution in [2.45, 2.75) is 44.4 Å². The van der Waals surface area contributed by atoms with Crippen LogP contribution in [0.25, 0.3) is 0 Å². The van der Waals surface area contributed by atoms with Gasteiger partial charge in [-0.25, -0.2) is 0 Å². The molecule has 24 heavy (non-hydrogen) atoms. The molecule has 128 valence electrons. The second-order valence-electron chi connectivity index (χ2n) is 7.22. The molecule has 0 fully saturated rings. The first-order chi connectivity index (χ1) is 11.2. The highest BCUT2D eigenvalue weighted by molar-refractivity contribution is 6.75. The quantitative estimate of drug-likeness (QED) is 0.813. The highest BCUT2D eigenvalue weighted by Crippen LogP contribution is 2.34. The van der Waals surface area contributed by atoms with Crippen molar-refractivity contribution in [1.82, 2.24) is 0 Å². The van der Waals surface area contributed by atoms with Gasteiger partial charge in [0.1, 0.15) is 6.04 Å². The number of hydrogen-bond acceptors (Lipinski definition) is 3. The summed E-state index contributed by atoms with van der Waals surface area (Å²) < 4.78 is 5.97. The van der Waals surface area contributed by atoms with E-state index >= 15 is 0 Å². The topological polar surface area (TPSA) is 52.3 Å². The molecule has 0 bridgehead atoms. The molecule has 0 aromatic heterocycles. The fraction of sp³-hybridized carbons (Fsp3) is 0.350. The maximum atomic E-state index is 12.5. The third kappa shape index (κ3) is 4.13.